The van der Waals surface area contributed by atoms with Gasteiger partial charge in [0.2, 0.25) is 6.29 Å². The summed E-state index contributed by atoms with van der Waals surface area (Å²) in [4.78, 5) is 81.2. The van der Waals surface area contributed by atoms with Gasteiger partial charge in [0.05, 0.1) is 48.1 Å². The second-order valence-electron chi connectivity index (χ2n) is 16.9. The van der Waals surface area contributed by atoms with Gasteiger partial charge >= 0.3 is 29.8 Å². The molecule has 16 atom stereocenters. The molecule has 0 radical (unpaired) electrons. The average Bonchev–Trinajstić information content (AvgIpc) is 3.45. The van der Waals surface area contributed by atoms with Gasteiger partial charge in [-0.15, -0.1) is 0 Å². The van der Waals surface area contributed by atoms with E-state index in [4.69, 9.17) is 37.6 Å². The van der Waals surface area contributed by atoms with Crippen LogP contribution in [-0.4, -0.2) is 95.9 Å². The Morgan fingerprint density at radius 1 is 0.889 bits per heavy atom. The molecule has 0 aromatic carbocycles. The molecule has 7 rings (SSSR count). The molecule has 15 heteroatoms. The molecule has 2 bridgehead atoms. The van der Waals surface area contributed by atoms with Crippen molar-refractivity contribution in [1.29, 1.82) is 0 Å². The predicted octanol–water partition coefficient (Wildman–Crippen LogP) is 3.18. The average molecular weight is 759 g/mol. The zero-order valence-corrected chi connectivity index (χ0v) is 32.1. The van der Waals surface area contributed by atoms with Crippen LogP contribution in [0.15, 0.2) is 23.0 Å². The lowest BCUT2D eigenvalue weighted by atomic mass is 9.33. The number of furan rings is 1. The largest absolute Gasteiger partial charge is 0.472 e. The number of hydrogen-bond acceptors (Lipinski definition) is 15. The Bertz CT molecular complexity index is 1760. The van der Waals surface area contributed by atoms with Gasteiger partial charge in [-0.3, -0.25) is 28.8 Å². The Kier molecular flexibility index (Phi) is 8.97. The number of aliphatic hydroxyl groups excluding tert-OH is 1. The molecule has 1 aromatic heterocycles. The Hall–Kier alpha value is -3.82. The summed E-state index contributed by atoms with van der Waals surface area (Å²) in [5.41, 5.74) is -6.42. The molecule has 2 unspecified atom stereocenters. The van der Waals surface area contributed by atoms with Crippen molar-refractivity contribution in [3.63, 3.8) is 0 Å². The maximum Gasteiger partial charge on any atom is 0.310 e. The highest BCUT2D eigenvalue weighted by atomic mass is 16.7. The van der Waals surface area contributed by atoms with Crippen molar-refractivity contribution in [2.75, 3.05) is 6.61 Å². The third kappa shape index (κ3) is 4.76. The van der Waals surface area contributed by atoms with Gasteiger partial charge in [-0.1, -0.05) is 27.7 Å². The molecule has 1 aromatic rings. The van der Waals surface area contributed by atoms with Crippen LogP contribution in [-0.2, 0) is 61.9 Å². The number of fused-ring (bicyclic) bond motifs is 1. The van der Waals surface area contributed by atoms with Gasteiger partial charge in [0.15, 0.2) is 30.2 Å². The number of ketones is 1. The summed E-state index contributed by atoms with van der Waals surface area (Å²) in [6.45, 7) is 13.1. The van der Waals surface area contributed by atoms with Gasteiger partial charge in [0.1, 0.15) is 5.60 Å². The molecule has 1 spiro atoms. The minimum Gasteiger partial charge on any atom is -0.472 e. The van der Waals surface area contributed by atoms with Crippen LogP contribution in [0.4, 0.5) is 0 Å². The van der Waals surface area contributed by atoms with E-state index in [1.165, 1.54) is 13.2 Å². The molecular weight excluding hydrogens is 708 g/mol. The van der Waals surface area contributed by atoms with E-state index < -0.39 is 129 Å². The Morgan fingerprint density at radius 3 is 2.09 bits per heavy atom. The summed E-state index contributed by atoms with van der Waals surface area (Å²) in [6, 6.07) is 1.79. The lowest BCUT2D eigenvalue weighted by Crippen LogP contribution is -2.85. The molecule has 3 heterocycles. The number of epoxide rings is 1. The van der Waals surface area contributed by atoms with Crippen LogP contribution in [0.2, 0.25) is 0 Å². The molecule has 296 valence electrons. The van der Waals surface area contributed by atoms with E-state index in [9.17, 15) is 29.1 Å². The number of rotatable bonds is 8. The first-order chi connectivity index (χ1) is 25.3. The lowest BCUT2D eigenvalue weighted by molar-refractivity contribution is -0.391. The van der Waals surface area contributed by atoms with Gasteiger partial charge in [0, 0.05) is 50.4 Å². The Morgan fingerprint density at radius 2 is 1.52 bits per heavy atom. The zero-order chi connectivity index (χ0) is 39.5. The van der Waals surface area contributed by atoms with Crippen LogP contribution in [0.25, 0.3) is 0 Å². The minimum absolute atomic E-state index is 0.0810. The van der Waals surface area contributed by atoms with Gasteiger partial charge in [-0.2, -0.15) is 0 Å². The van der Waals surface area contributed by atoms with E-state index in [0.29, 0.717) is 12.8 Å². The number of hydrogen-bond donors (Lipinski definition) is 1. The third-order valence-corrected chi connectivity index (χ3v) is 14.4. The van der Waals surface area contributed by atoms with Crippen LogP contribution in [0.1, 0.15) is 93.1 Å². The van der Waals surface area contributed by atoms with Crippen LogP contribution < -0.4 is 0 Å². The molecule has 4 saturated carbocycles. The first kappa shape index (κ1) is 38.5. The summed E-state index contributed by atoms with van der Waals surface area (Å²) < 4.78 is 48.9. The molecule has 1 N–H and O–H groups in total. The molecule has 0 amide bonds. The normalized spacial score (nSPS) is 46.0. The highest BCUT2D eigenvalue weighted by molar-refractivity contribution is 5.93. The minimum atomic E-state index is -1.65. The van der Waals surface area contributed by atoms with Crippen molar-refractivity contribution < 1.29 is 71.4 Å². The molecule has 4 aliphatic carbocycles. The predicted molar refractivity (Wildman–Crippen MR) is 181 cm³/mol. The SMILES string of the molecule is CCC(C)C(=O)OC1OC[C@@]23[C@H]4C(=O)[C@H](OC(C)=O)[C@@]5(C)[C@H](c6ccoc6)C[C@H]6O[C@]65[C@]4(C)[C@H](O)C[C@H]2[C@@]1(C)[C@H](OC(C)=O)[C@H](OC(C)=O)[C@@H]3OC(C)=O. The van der Waals surface area contributed by atoms with E-state index in [2.05, 4.69) is 0 Å². The van der Waals surface area contributed by atoms with Crippen molar-refractivity contribution in [2.45, 2.75) is 136 Å². The van der Waals surface area contributed by atoms with Gasteiger partial charge in [-0.05, 0) is 43.7 Å². The van der Waals surface area contributed by atoms with Crippen LogP contribution >= 0.6 is 0 Å². The second-order valence-corrected chi connectivity index (χ2v) is 16.9. The highest BCUT2D eigenvalue weighted by Crippen LogP contribution is 2.83. The molecule has 2 aliphatic heterocycles. The summed E-state index contributed by atoms with van der Waals surface area (Å²) in [7, 11) is 0. The number of carbonyl (C=O) groups is 6. The van der Waals surface area contributed by atoms with Crippen molar-refractivity contribution in [2.24, 2.45) is 39.4 Å². The Balaban J connectivity index is 1.50. The standard InChI is InChI=1S/C39H50O15/c1-10-17(2)33(46)53-34-35(7)24-14-25(44)37(9)29(38(24,16-48-34)32(52-21(6)43)28(49-18(3)40)31(35)51-20(5)42)27(45)30(50-19(4)41)36(8)23(22-11-12-47-15-22)13-26-39(36,37)54-26/h11-12,15,17,23-26,28-32,34,44H,10,13-14,16H2,1-9H3/t17?,23-,24-,25+,26+,28-,29-,30-,31+,32-,34?,35-,36+,37+,38-,39+/m0/s1. The second kappa shape index (κ2) is 12.6. The molecule has 6 aliphatic rings. The van der Waals surface area contributed by atoms with Crippen molar-refractivity contribution in [3.05, 3.63) is 24.2 Å². The fourth-order valence-corrected chi connectivity index (χ4v) is 12.2. The van der Waals surface area contributed by atoms with Crippen molar-refractivity contribution in [3.8, 4) is 0 Å². The number of carbonyl (C=O) groups excluding carboxylic acids is 6. The van der Waals surface area contributed by atoms with E-state index in [1.54, 1.807) is 33.1 Å². The quantitative estimate of drug-likeness (QED) is 0.230. The third-order valence-electron chi connectivity index (χ3n) is 14.4. The summed E-state index contributed by atoms with van der Waals surface area (Å²) in [5, 5.41) is 12.8. The molecule has 2 saturated heterocycles. The van der Waals surface area contributed by atoms with Crippen LogP contribution in [0, 0.1) is 39.4 Å². The Labute approximate surface area is 313 Å². The molecule has 6 fully saturated rings. The lowest BCUT2D eigenvalue weighted by Gasteiger charge is -2.73. The number of esters is 5. The van der Waals surface area contributed by atoms with Crippen LogP contribution in [0.5, 0.6) is 0 Å². The summed E-state index contributed by atoms with van der Waals surface area (Å²) in [5.74, 6) is -7.50. The van der Waals surface area contributed by atoms with Gasteiger partial charge in [-0.25, -0.2) is 0 Å². The number of ether oxygens (including phenoxy) is 7. The maximum atomic E-state index is 15.8. The molecule has 54 heavy (non-hydrogen) atoms. The number of aliphatic hydroxyl groups is 1. The van der Waals surface area contributed by atoms with E-state index >= 15 is 4.79 Å². The zero-order valence-electron chi connectivity index (χ0n) is 32.1. The first-order valence-electron chi connectivity index (χ1n) is 18.7. The maximum absolute atomic E-state index is 15.8. The summed E-state index contributed by atoms with van der Waals surface area (Å²) >= 11 is 0. The van der Waals surface area contributed by atoms with Gasteiger partial charge in [0.25, 0.3) is 0 Å². The monoisotopic (exact) mass is 758 g/mol. The molecule has 15 nitrogen and oxygen atoms in total. The van der Waals surface area contributed by atoms with E-state index in [0.717, 1.165) is 26.3 Å². The smallest absolute Gasteiger partial charge is 0.310 e. The van der Waals surface area contributed by atoms with Crippen molar-refractivity contribution >= 4 is 35.6 Å². The van der Waals surface area contributed by atoms with Crippen molar-refractivity contribution in [1.82, 2.24) is 0 Å². The first-order valence-corrected chi connectivity index (χ1v) is 18.7. The summed E-state index contributed by atoms with van der Waals surface area (Å²) in [6.07, 6.45) is -5.23. The highest BCUT2D eigenvalue weighted by Gasteiger charge is 2.93. The molecular formula is C39H50O15. The number of Topliss-reactive ketones (excluding diaryl/α,β-unsaturated/α-hetero) is 1. The fourth-order valence-electron chi connectivity index (χ4n) is 12.2. The van der Waals surface area contributed by atoms with Crippen LogP contribution in [0.3, 0.4) is 0 Å². The van der Waals surface area contributed by atoms with E-state index in [1.807, 2.05) is 13.8 Å². The fraction of sp³-hybridized carbons (Fsp3) is 0.744. The van der Waals surface area contributed by atoms with E-state index in [-0.39, 0.29) is 13.0 Å². The topological polar surface area (TPSA) is 204 Å². The van der Waals surface area contributed by atoms with Gasteiger partial charge < -0.3 is 42.7 Å².